The maximum absolute atomic E-state index is 9.36. The molecule has 1 aromatic carbocycles. The fourth-order valence-electron chi connectivity index (χ4n) is 2.91. The minimum Gasteiger partial charge on any atom is -0.454 e. The maximum atomic E-state index is 9.36. The summed E-state index contributed by atoms with van der Waals surface area (Å²) < 4.78 is 5.97. The number of aromatic nitrogens is 2. The van der Waals surface area contributed by atoms with E-state index in [2.05, 4.69) is 26.3 Å². The SMILES string of the molecule is Cl.Cl.N#Cc1ccc(N2CCNCC2)cc1Oc1cnc2[nH]ccc2c1. The minimum atomic E-state index is 0. The molecule has 136 valence electrons. The van der Waals surface area contributed by atoms with Crippen LogP contribution in [0.4, 0.5) is 5.69 Å². The number of halogens is 2. The normalized spacial score (nSPS) is 13.4. The van der Waals surface area contributed by atoms with Crippen molar-refractivity contribution in [1.29, 1.82) is 5.26 Å². The van der Waals surface area contributed by atoms with Crippen LogP contribution < -0.4 is 15.0 Å². The minimum absolute atomic E-state index is 0. The first-order chi connectivity index (χ1) is 11.8. The zero-order chi connectivity index (χ0) is 16.4. The first kappa shape index (κ1) is 19.9. The molecule has 0 saturated carbocycles. The molecule has 2 N–H and O–H groups in total. The van der Waals surface area contributed by atoms with E-state index < -0.39 is 0 Å². The molecule has 0 spiro atoms. The smallest absolute Gasteiger partial charge is 0.147 e. The third kappa shape index (κ3) is 4.02. The second kappa shape index (κ2) is 8.77. The Labute approximate surface area is 164 Å². The van der Waals surface area contributed by atoms with Crippen LogP contribution in [0.5, 0.6) is 11.5 Å². The maximum Gasteiger partial charge on any atom is 0.147 e. The number of rotatable bonds is 3. The van der Waals surface area contributed by atoms with Gasteiger partial charge in [-0.05, 0) is 24.3 Å². The number of nitrogens with zero attached hydrogens (tertiary/aromatic N) is 3. The van der Waals surface area contributed by atoms with Crippen molar-refractivity contribution in [3.8, 4) is 17.6 Å². The van der Waals surface area contributed by atoms with Crippen molar-refractivity contribution >= 4 is 41.5 Å². The van der Waals surface area contributed by atoms with Gasteiger partial charge in [0.1, 0.15) is 23.2 Å². The van der Waals surface area contributed by atoms with Crippen LogP contribution in [-0.2, 0) is 0 Å². The average molecular weight is 392 g/mol. The number of anilines is 1. The quantitative estimate of drug-likeness (QED) is 0.714. The van der Waals surface area contributed by atoms with Crippen molar-refractivity contribution < 1.29 is 4.74 Å². The average Bonchev–Trinajstić information content (AvgIpc) is 3.10. The molecule has 3 heterocycles. The molecule has 26 heavy (non-hydrogen) atoms. The van der Waals surface area contributed by atoms with E-state index in [-0.39, 0.29) is 24.8 Å². The highest BCUT2D eigenvalue weighted by molar-refractivity contribution is 5.85. The number of piperazine rings is 1. The first-order valence-corrected chi connectivity index (χ1v) is 7.94. The summed E-state index contributed by atoms with van der Waals surface area (Å²) in [6, 6.07) is 11.8. The van der Waals surface area contributed by atoms with Crippen molar-refractivity contribution in [3.63, 3.8) is 0 Å². The highest BCUT2D eigenvalue weighted by atomic mass is 35.5. The van der Waals surface area contributed by atoms with Crippen LogP contribution in [0.2, 0.25) is 0 Å². The summed E-state index contributed by atoms with van der Waals surface area (Å²) in [4.78, 5) is 9.67. The van der Waals surface area contributed by atoms with Crippen molar-refractivity contribution in [1.82, 2.24) is 15.3 Å². The van der Waals surface area contributed by atoms with Crippen molar-refractivity contribution in [3.05, 3.63) is 48.3 Å². The summed E-state index contributed by atoms with van der Waals surface area (Å²) in [7, 11) is 0. The van der Waals surface area contributed by atoms with Crippen molar-refractivity contribution in [2.24, 2.45) is 0 Å². The Balaban J connectivity index is 0.00000121. The zero-order valence-corrected chi connectivity index (χ0v) is 15.6. The van der Waals surface area contributed by atoms with Gasteiger partial charge in [0.05, 0.1) is 11.8 Å². The van der Waals surface area contributed by atoms with Gasteiger partial charge in [-0.15, -0.1) is 24.8 Å². The standard InChI is InChI=1S/C18H17N5O.2ClH/c19-11-14-1-2-15(23-7-5-20-6-8-23)10-17(14)24-16-9-13-3-4-21-18(13)22-12-16;;/h1-4,9-10,12,20H,5-8H2,(H,21,22);2*1H. The number of hydrogen-bond donors (Lipinski definition) is 2. The number of benzene rings is 1. The summed E-state index contributed by atoms with van der Waals surface area (Å²) in [6.45, 7) is 3.82. The Morgan fingerprint density at radius 1 is 1.12 bits per heavy atom. The van der Waals surface area contributed by atoms with Gasteiger partial charge >= 0.3 is 0 Å². The molecule has 0 radical (unpaired) electrons. The van der Waals surface area contributed by atoms with Crippen LogP contribution in [-0.4, -0.2) is 36.1 Å². The van der Waals surface area contributed by atoms with Gasteiger partial charge in [-0.2, -0.15) is 5.26 Å². The van der Waals surface area contributed by atoms with E-state index in [1.54, 1.807) is 6.20 Å². The predicted molar refractivity (Wildman–Crippen MR) is 107 cm³/mol. The number of hydrogen-bond acceptors (Lipinski definition) is 5. The van der Waals surface area contributed by atoms with Crippen LogP contribution in [0.3, 0.4) is 0 Å². The van der Waals surface area contributed by atoms with Gasteiger partial charge in [0, 0.05) is 49.5 Å². The van der Waals surface area contributed by atoms with Gasteiger partial charge in [-0.25, -0.2) is 4.98 Å². The topological polar surface area (TPSA) is 77.0 Å². The fraction of sp³-hybridized carbons (Fsp3) is 0.222. The molecule has 0 amide bonds. The molecule has 2 aromatic heterocycles. The Bertz CT molecular complexity index is 915. The number of ether oxygens (including phenoxy) is 1. The summed E-state index contributed by atoms with van der Waals surface area (Å²) in [5, 5.41) is 13.7. The Hall–Kier alpha value is -2.46. The number of aromatic amines is 1. The summed E-state index contributed by atoms with van der Waals surface area (Å²) in [6.07, 6.45) is 3.50. The van der Waals surface area contributed by atoms with Crippen molar-refractivity contribution in [2.45, 2.75) is 0 Å². The van der Waals surface area contributed by atoms with Gasteiger partial charge in [0.25, 0.3) is 0 Å². The van der Waals surface area contributed by atoms with Gasteiger partial charge in [-0.1, -0.05) is 0 Å². The Morgan fingerprint density at radius 2 is 1.92 bits per heavy atom. The lowest BCUT2D eigenvalue weighted by molar-refractivity contribution is 0.479. The Morgan fingerprint density at radius 3 is 2.69 bits per heavy atom. The van der Waals surface area contributed by atoms with Gasteiger partial charge in [0.2, 0.25) is 0 Å². The molecule has 0 aliphatic carbocycles. The fourth-order valence-corrected chi connectivity index (χ4v) is 2.91. The third-order valence-corrected chi connectivity index (χ3v) is 4.17. The monoisotopic (exact) mass is 391 g/mol. The molecule has 8 heteroatoms. The van der Waals surface area contributed by atoms with E-state index >= 15 is 0 Å². The lowest BCUT2D eigenvalue weighted by Gasteiger charge is -2.29. The van der Waals surface area contributed by atoms with Crippen LogP contribution in [0, 0.1) is 11.3 Å². The molecule has 1 saturated heterocycles. The number of H-pyrrole nitrogens is 1. The van der Waals surface area contributed by atoms with E-state index in [1.807, 2.05) is 36.5 Å². The molecule has 0 bridgehead atoms. The molecule has 4 rings (SSSR count). The summed E-state index contributed by atoms with van der Waals surface area (Å²) in [5.41, 5.74) is 2.40. The van der Waals surface area contributed by atoms with E-state index in [0.717, 1.165) is 42.9 Å². The largest absolute Gasteiger partial charge is 0.454 e. The molecule has 1 fully saturated rings. The second-order valence-electron chi connectivity index (χ2n) is 5.72. The lowest BCUT2D eigenvalue weighted by atomic mass is 10.1. The number of fused-ring (bicyclic) bond motifs is 1. The van der Waals surface area contributed by atoms with E-state index in [0.29, 0.717) is 17.1 Å². The summed E-state index contributed by atoms with van der Waals surface area (Å²) >= 11 is 0. The second-order valence-corrected chi connectivity index (χ2v) is 5.72. The third-order valence-electron chi connectivity index (χ3n) is 4.17. The van der Waals surface area contributed by atoms with Crippen LogP contribution in [0.25, 0.3) is 11.0 Å². The lowest BCUT2D eigenvalue weighted by Crippen LogP contribution is -2.43. The van der Waals surface area contributed by atoms with Crippen LogP contribution in [0.15, 0.2) is 42.7 Å². The molecule has 1 aliphatic rings. The highest BCUT2D eigenvalue weighted by Crippen LogP contribution is 2.30. The first-order valence-electron chi connectivity index (χ1n) is 7.94. The molecular weight excluding hydrogens is 373 g/mol. The molecule has 3 aromatic rings. The van der Waals surface area contributed by atoms with E-state index in [9.17, 15) is 5.26 Å². The van der Waals surface area contributed by atoms with Gasteiger partial charge in [0.15, 0.2) is 0 Å². The van der Waals surface area contributed by atoms with Gasteiger partial charge < -0.3 is 19.9 Å². The highest BCUT2D eigenvalue weighted by Gasteiger charge is 2.14. The van der Waals surface area contributed by atoms with Crippen LogP contribution >= 0.6 is 24.8 Å². The van der Waals surface area contributed by atoms with E-state index in [4.69, 9.17) is 4.74 Å². The number of nitriles is 1. The zero-order valence-electron chi connectivity index (χ0n) is 13.9. The van der Waals surface area contributed by atoms with Gasteiger partial charge in [-0.3, -0.25) is 0 Å². The molecule has 1 aliphatic heterocycles. The predicted octanol–water partition coefficient (Wildman–Crippen LogP) is 3.48. The number of nitrogens with one attached hydrogen (secondary N) is 2. The number of pyridine rings is 1. The molecule has 6 nitrogen and oxygen atoms in total. The molecule has 0 atom stereocenters. The summed E-state index contributed by atoms with van der Waals surface area (Å²) in [5.74, 6) is 1.18. The molecular formula is C18H19Cl2N5O. The van der Waals surface area contributed by atoms with Crippen molar-refractivity contribution in [2.75, 3.05) is 31.1 Å². The van der Waals surface area contributed by atoms with E-state index in [1.165, 1.54) is 0 Å². The Kier molecular flexibility index (Phi) is 6.70. The molecule has 0 unspecified atom stereocenters. The van der Waals surface area contributed by atoms with Crippen LogP contribution in [0.1, 0.15) is 5.56 Å².